The van der Waals surface area contributed by atoms with E-state index in [0.29, 0.717) is 0 Å². The van der Waals surface area contributed by atoms with Crippen molar-refractivity contribution < 1.29 is 10.1 Å². The summed E-state index contributed by atoms with van der Waals surface area (Å²) in [4.78, 5) is 4.26. The van der Waals surface area contributed by atoms with Crippen molar-refractivity contribution in [2.24, 2.45) is 0 Å². The number of halogens is 1. The average Bonchev–Trinajstić information content (AvgIpc) is 2.52. The maximum Gasteiger partial charge on any atom is 0.179 e. The van der Waals surface area contributed by atoms with Crippen molar-refractivity contribution in [2.45, 2.75) is 12.5 Å². The normalized spacial score (nSPS) is 17.7. The second-order valence-electron chi connectivity index (χ2n) is 4.81. The molecule has 4 N–H and O–H groups in total. The highest BCUT2D eigenvalue weighted by atomic mass is 35.5. The van der Waals surface area contributed by atoms with Gasteiger partial charge in [0.25, 0.3) is 0 Å². The largest absolute Gasteiger partial charge is 0.399 e. The topological polar surface area (TPSA) is 64.8 Å². The lowest BCUT2D eigenvalue weighted by atomic mass is 10.0. The molecule has 1 fully saturated rings. The van der Waals surface area contributed by atoms with Gasteiger partial charge in [-0.05, 0) is 24.8 Å². The number of benzene rings is 1. The predicted molar refractivity (Wildman–Crippen MR) is 84.9 cm³/mol. The molecule has 5 heteroatoms. The molecule has 3 rings (SSSR count). The van der Waals surface area contributed by atoms with E-state index in [0.717, 1.165) is 36.6 Å². The Hall–Kier alpha value is -1.62. The van der Waals surface area contributed by atoms with Crippen LogP contribution in [0.4, 0.5) is 5.69 Å². The molecule has 1 aliphatic rings. The molecule has 1 aliphatic heterocycles. The van der Waals surface area contributed by atoms with Gasteiger partial charge in [0.15, 0.2) is 5.56 Å². The van der Waals surface area contributed by atoms with Gasteiger partial charge in [-0.2, -0.15) is 18.2 Å². The first kappa shape index (κ1) is 15.8. The number of hydrogen-bond acceptors (Lipinski definition) is 3. The van der Waals surface area contributed by atoms with Gasteiger partial charge in [0.1, 0.15) is 6.54 Å². The van der Waals surface area contributed by atoms with Crippen LogP contribution in [0.1, 0.15) is 5.56 Å². The number of aryl methyl sites for hydroxylation is 1. The maximum absolute atomic E-state index is 5.73. The summed E-state index contributed by atoms with van der Waals surface area (Å²) in [6.45, 7) is 4.81. The van der Waals surface area contributed by atoms with Crippen molar-refractivity contribution in [3.8, 4) is 11.3 Å². The van der Waals surface area contributed by atoms with Crippen LogP contribution in [-0.2, 0) is 4.74 Å². The molecule has 0 bridgehead atoms. The molecule has 1 saturated heterocycles. The number of anilines is 1. The van der Waals surface area contributed by atoms with Crippen molar-refractivity contribution >= 4 is 17.3 Å². The van der Waals surface area contributed by atoms with Crippen molar-refractivity contribution in [3.05, 3.63) is 48.2 Å². The van der Waals surface area contributed by atoms with Gasteiger partial charge in [0.05, 0.1) is 13.2 Å². The van der Waals surface area contributed by atoms with Gasteiger partial charge < -0.3 is 20.8 Å². The van der Waals surface area contributed by atoms with Crippen LogP contribution in [0.5, 0.6) is 0 Å². The lowest BCUT2D eigenvalue weighted by molar-refractivity contribution is -0.673. The van der Waals surface area contributed by atoms with Gasteiger partial charge >= 0.3 is 0 Å². The molecule has 112 valence electrons. The van der Waals surface area contributed by atoms with Gasteiger partial charge in [-0.3, -0.25) is 0 Å². The second kappa shape index (κ2) is 7.98. The van der Waals surface area contributed by atoms with E-state index in [1.54, 1.807) is 12.3 Å². The minimum Gasteiger partial charge on any atom is -0.399 e. The number of pyridine rings is 1. The van der Waals surface area contributed by atoms with E-state index < -0.39 is 0 Å². The summed E-state index contributed by atoms with van der Waals surface area (Å²) < 4.78 is 5.01. The molecule has 21 heavy (non-hydrogen) atoms. The van der Waals surface area contributed by atoms with Crippen LogP contribution in [0.25, 0.3) is 11.3 Å². The van der Waals surface area contributed by atoms with E-state index in [4.69, 9.17) is 22.1 Å². The molecule has 4 nitrogen and oxygen atoms in total. The molecule has 1 unspecified atom stereocenters. The Morgan fingerprint density at radius 3 is 2.90 bits per heavy atom. The first-order chi connectivity index (χ1) is 10.2. The fraction of sp³-hybridized carbons (Fsp3) is 0.312. The van der Waals surface area contributed by atoms with E-state index >= 15 is 0 Å². The van der Waals surface area contributed by atoms with Crippen LogP contribution >= 0.6 is 11.6 Å². The minimum atomic E-state index is -0.0475. The lowest BCUT2D eigenvalue weighted by Gasteiger charge is -2.13. The average molecular weight is 306 g/mol. The van der Waals surface area contributed by atoms with E-state index in [1.165, 1.54) is 5.56 Å². The van der Waals surface area contributed by atoms with Crippen LogP contribution in [0, 0.1) is 13.0 Å². The predicted octanol–water partition coefficient (Wildman–Crippen LogP) is 1.58. The van der Waals surface area contributed by atoms with Crippen molar-refractivity contribution in [3.63, 3.8) is 0 Å². The number of ether oxygens (including phenoxy) is 1. The van der Waals surface area contributed by atoms with Crippen LogP contribution in [0.15, 0.2) is 36.5 Å². The molecule has 2 heterocycles. The van der Waals surface area contributed by atoms with Gasteiger partial charge in [-0.25, -0.2) is 0 Å². The summed E-state index contributed by atoms with van der Waals surface area (Å²) in [5.41, 5.74) is 9.60. The van der Waals surface area contributed by atoms with Gasteiger partial charge in [-0.15, -0.1) is 0 Å². The van der Waals surface area contributed by atoms with Crippen LogP contribution in [-0.4, -0.2) is 30.2 Å². The zero-order valence-corrected chi connectivity index (χ0v) is 12.8. The zero-order valence-electron chi connectivity index (χ0n) is 12.1. The molecule has 0 saturated carbocycles. The number of hydrogen-bond donors (Lipinski definition) is 2. The fourth-order valence-corrected chi connectivity index (χ4v) is 2.20. The molecule has 1 aromatic heterocycles. The third kappa shape index (κ3) is 5.01. The van der Waals surface area contributed by atoms with Crippen molar-refractivity contribution in [2.75, 3.05) is 25.4 Å². The number of nitrogens with zero attached hydrogens (tertiary/aromatic N) is 1. The molecule has 0 radical (unpaired) electrons. The monoisotopic (exact) mass is 305 g/mol. The zero-order chi connectivity index (χ0) is 15.1. The van der Waals surface area contributed by atoms with E-state index in [-0.39, 0.29) is 5.56 Å². The summed E-state index contributed by atoms with van der Waals surface area (Å²) in [5.74, 6) is 0. The lowest BCUT2D eigenvalue weighted by Crippen LogP contribution is -2.89. The molecule has 2 aromatic rings. The summed E-state index contributed by atoms with van der Waals surface area (Å²) in [5, 5.41) is 2.15. The third-order valence-electron chi connectivity index (χ3n) is 3.11. The van der Waals surface area contributed by atoms with Crippen LogP contribution in [0.2, 0.25) is 0 Å². The minimum absolute atomic E-state index is 0.0475. The van der Waals surface area contributed by atoms with E-state index in [1.807, 2.05) is 31.2 Å². The quantitative estimate of drug-likeness (QED) is 0.478. The number of alkyl halides is 1. The maximum atomic E-state index is 5.73. The SMILES string of the molecule is Cc1ccc(N)cc1-c1c[c-]ccn1.ClC1C[NH2+]CCO1. The molecule has 0 aliphatic carbocycles. The third-order valence-corrected chi connectivity index (χ3v) is 3.42. The number of nitrogen functional groups attached to an aromatic ring is 1. The van der Waals surface area contributed by atoms with E-state index in [9.17, 15) is 0 Å². The smallest absolute Gasteiger partial charge is 0.179 e. The van der Waals surface area contributed by atoms with Gasteiger partial charge in [0, 0.05) is 5.69 Å². The summed E-state index contributed by atoms with van der Waals surface area (Å²) in [6.07, 6.45) is 1.73. The highest BCUT2D eigenvalue weighted by molar-refractivity contribution is 6.19. The number of aromatic nitrogens is 1. The van der Waals surface area contributed by atoms with Crippen molar-refractivity contribution in [1.29, 1.82) is 0 Å². The van der Waals surface area contributed by atoms with Crippen LogP contribution < -0.4 is 11.1 Å². The Balaban J connectivity index is 0.000000194. The summed E-state index contributed by atoms with van der Waals surface area (Å²) >= 11 is 5.56. The Kier molecular flexibility index (Phi) is 5.99. The molecular formula is C16H20ClN3O. The first-order valence-electron chi connectivity index (χ1n) is 6.93. The molecule has 0 spiro atoms. The molecular weight excluding hydrogens is 286 g/mol. The Labute approximate surface area is 130 Å². The number of quaternary nitrogens is 1. The summed E-state index contributed by atoms with van der Waals surface area (Å²) in [7, 11) is 0. The number of morpholine rings is 1. The molecule has 0 amide bonds. The Morgan fingerprint density at radius 2 is 2.33 bits per heavy atom. The highest BCUT2D eigenvalue weighted by Crippen LogP contribution is 2.22. The van der Waals surface area contributed by atoms with Gasteiger partial charge in [0.2, 0.25) is 0 Å². The van der Waals surface area contributed by atoms with Crippen LogP contribution in [0.3, 0.4) is 0 Å². The number of nitrogens with two attached hydrogens (primary N) is 2. The first-order valence-corrected chi connectivity index (χ1v) is 7.36. The Bertz CT molecular complexity index is 557. The Morgan fingerprint density at radius 1 is 1.48 bits per heavy atom. The van der Waals surface area contributed by atoms with Crippen molar-refractivity contribution in [1.82, 2.24) is 4.98 Å². The highest BCUT2D eigenvalue weighted by Gasteiger charge is 2.10. The molecule has 1 atom stereocenters. The summed E-state index contributed by atoms with van der Waals surface area (Å²) in [6, 6.07) is 12.5. The fourth-order valence-electron chi connectivity index (χ4n) is 1.98. The van der Waals surface area contributed by atoms with E-state index in [2.05, 4.69) is 16.4 Å². The standard InChI is InChI=1S/C12H11N2.C4H8ClNO/c1-9-5-6-10(13)8-11(9)12-4-2-3-7-14-12;5-4-3-6-1-2-7-4/h3-8H,13H2,1H3;4,6H,1-3H2/q-1;/p+1. The second-order valence-corrected chi connectivity index (χ2v) is 5.30. The molecule has 1 aromatic carbocycles. The number of rotatable bonds is 1. The van der Waals surface area contributed by atoms with Gasteiger partial charge in [-0.1, -0.05) is 35.0 Å².